The highest BCUT2D eigenvalue weighted by Crippen LogP contribution is 2.20. The van der Waals surface area contributed by atoms with E-state index in [4.69, 9.17) is 16.6 Å². The van der Waals surface area contributed by atoms with Gasteiger partial charge in [-0.25, -0.2) is 13.2 Å². The Balaban J connectivity index is 2.93. The van der Waals surface area contributed by atoms with E-state index >= 15 is 0 Å². The summed E-state index contributed by atoms with van der Waals surface area (Å²) >= 11 is 0. The summed E-state index contributed by atoms with van der Waals surface area (Å²) in [5.41, 5.74) is 12.6. The van der Waals surface area contributed by atoms with Crippen LogP contribution in [0.25, 0.3) is 0 Å². The first-order valence-electron chi connectivity index (χ1n) is 7.42. The van der Waals surface area contributed by atoms with Crippen molar-refractivity contribution in [3.63, 3.8) is 0 Å². The Morgan fingerprint density at radius 3 is 2.54 bits per heavy atom. The van der Waals surface area contributed by atoms with Crippen LogP contribution in [0.5, 0.6) is 5.75 Å². The number of aromatic hydroxyl groups is 1. The first kappa shape index (κ1) is 19.9. The van der Waals surface area contributed by atoms with Gasteiger partial charge in [0.1, 0.15) is 5.82 Å². The zero-order chi connectivity index (χ0) is 18.3. The van der Waals surface area contributed by atoms with Crippen LogP contribution in [0.2, 0.25) is 0 Å². The summed E-state index contributed by atoms with van der Waals surface area (Å²) in [6.45, 7) is 1.37. The van der Waals surface area contributed by atoms with Crippen molar-refractivity contribution in [3.05, 3.63) is 35.4 Å². The maximum atomic E-state index is 13.3. The fourth-order valence-corrected chi connectivity index (χ4v) is 2.07. The molecular formula is C15H24F3N5O. The summed E-state index contributed by atoms with van der Waals surface area (Å²) in [6.07, 6.45) is -2.97. The zero-order valence-corrected chi connectivity index (χ0v) is 13.7. The average Bonchev–Trinajstić information content (AvgIpc) is 2.55. The van der Waals surface area contributed by atoms with Gasteiger partial charge in [-0.05, 0) is 26.1 Å². The number of alkyl halides is 2. The number of nitrogens with two attached hydrogens (primary N) is 2. The smallest absolute Gasteiger partial charge is 0.255 e. The molecule has 0 saturated carbocycles. The number of phenolic OH excluding ortho intramolecular Hbond substituents is 1. The lowest BCUT2D eigenvalue weighted by Crippen LogP contribution is -2.47. The lowest BCUT2D eigenvalue weighted by atomic mass is 10.2. The van der Waals surface area contributed by atoms with Gasteiger partial charge in [-0.1, -0.05) is 0 Å². The molecule has 0 bridgehead atoms. The van der Waals surface area contributed by atoms with Crippen LogP contribution < -0.4 is 22.1 Å². The number of hydrogen-bond donors (Lipinski definition) is 5. The summed E-state index contributed by atoms with van der Waals surface area (Å²) < 4.78 is 38.9. The molecule has 0 aliphatic rings. The second-order valence-electron chi connectivity index (χ2n) is 5.22. The molecule has 1 rings (SSSR count). The van der Waals surface area contributed by atoms with Gasteiger partial charge in [-0.15, -0.1) is 0 Å². The lowest BCUT2D eigenvalue weighted by molar-refractivity contribution is 0.0809. The fourth-order valence-electron chi connectivity index (χ4n) is 2.07. The molecule has 7 N–H and O–H groups in total. The van der Waals surface area contributed by atoms with Gasteiger partial charge in [0.05, 0.1) is 12.7 Å². The predicted molar refractivity (Wildman–Crippen MR) is 88.1 cm³/mol. The standard InChI is InChI=1S/C15H24F3N5O/c1-9(21-2)23(8-14(17)18)15(20)10(6-19)7-22-11-3-4-13(24)12(16)5-11/h3-5,9,14,21-22,24H,6-8,19-20H2,1-2H3/b15-10-. The van der Waals surface area contributed by atoms with Gasteiger partial charge >= 0.3 is 0 Å². The van der Waals surface area contributed by atoms with Crippen molar-refractivity contribution >= 4 is 5.69 Å². The molecule has 1 unspecified atom stereocenters. The van der Waals surface area contributed by atoms with Crippen molar-refractivity contribution in [1.82, 2.24) is 10.2 Å². The van der Waals surface area contributed by atoms with Crippen LogP contribution in [-0.4, -0.2) is 49.3 Å². The molecule has 0 radical (unpaired) electrons. The number of nitrogens with one attached hydrogen (secondary N) is 2. The van der Waals surface area contributed by atoms with Gasteiger partial charge in [-0.3, -0.25) is 0 Å². The number of halogens is 3. The maximum Gasteiger partial charge on any atom is 0.255 e. The molecule has 0 fully saturated rings. The molecule has 0 aromatic heterocycles. The number of nitrogens with zero attached hydrogens (tertiary/aromatic N) is 1. The van der Waals surface area contributed by atoms with E-state index in [9.17, 15) is 13.2 Å². The third kappa shape index (κ3) is 5.50. The molecule has 0 saturated heterocycles. The van der Waals surface area contributed by atoms with E-state index in [1.807, 2.05) is 0 Å². The highest BCUT2D eigenvalue weighted by Gasteiger charge is 2.20. The van der Waals surface area contributed by atoms with Crippen molar-refractivity contribution < 1.29 is 18.3 Å². The monoisotopic (exact) mass is 347 g/mol. The number of benzene rings is 1. The molecule has 0 aliphatic heterocycles. The maximum absolute atomic E-state index is 13.3. The van der Waals surface area contributed by atoms with Crippen molar-refractivity contribution in [2.75, 3.05) is 32.0 Å². The van der Waals surface area contributed by atoms with Crippen LogP contribution in [-0.2, 0) is 0 Å². The molecule has 1 aromatic carbocycles. The molecule has 24 heavy (non-hydrogen) atoms. The molecule has 136 valence electrons. The van der Waals surface area contributed by atoms with Gasteiger partial charge in [0, 0.05) is 30.4 Å². The van der Waals surface area contributed by atoms with Crippen LogP contribution in [0.15, 0.2) is 29.6 Å². The van der Waals surface area contributed by atoms with E-state index in [2.05, 4.69) is 10.6 Å². The van der Waals surface area contributed by atoms with E-state index < -0.39 is 30.7 Å². The first-order valence-corrected chi connectivity index (χ1v) is 7.42. The van der Waals surface area contributed by atoms with Gasteiger partial charge in [0.15, 0.2) is 11.6 Å². The Hall–Kier alpha value is -2.13. The topological polar surface area (TPSA) is 99.6 Å². The molecule has 0 heterocycles. The Labute approximate surface area is 139 Å². The molecule has 1 atom stereocenters. The number of anilines is 1. The van der Waals surface area contributed by atoms with Gasteiger partial charge in [0.2, 0.25) is 0 Å². The fraction of sp³-hybridized carbons (Fsp3) is 0.467. The van der Waals surface area contributed by atoms with Crippen LogP contribution >= 0.6 is 0 Å². The number of phenols is 1. The summed E-state index contributed by atoms with van der Waals surface area (Å²) in [5, 5.41) is 14.9. The normalized spacial score (nSPS) is 13.6. The highest BCUT2D eigenvalue weighted by atomic mass is 19.3. The molecule has 0 amide bonds. The van der Waals surface area contributed by atoms with E-state index in [1.54, 1.807) is 14.0 Å². The zero-order valence-electron chi connectivity index (χ0n) is 13.7. The van der Waals surface area contributed by atoms with Crippen molar-refractivity contribution in [2.45, 2.75) is 19.5 Å². The quantitative estimate of drug-likeness (QED) is 0.340. The lowest BCUT2D eigenvalue weighted by Gasteiger charge is -2.32. The third-order valence-corrected chi connectivity index (χ3v) is 3.59. The van der Waals surface area contributed by atoms with Crippen LogP contribution in [0.3, 0.4) is 0 Å². The average molecular weight is 347 g/mol. The Bertz CT molecular complexity index is 568. The Kier molecular flexibility index (Phi) is 7.66. The van der Waals surface area contributed by atoms with Crippen LogP contribution in [0, 0.1) is 5.82 Å². The van der Waals surface area contributed by atoms with E-state index in [1.165, 1.54) is 17.0 Å². The highest BCUT2D eigenvalue weighted by molar-refractivity contribution is 5.48. The summed E-state index contributed by atoms with van der Waals surface area (Å²) in [7, 11) is 1.63. The molecule has 9 heteroatoms. The first-order chi connectivity index (χ1) is 11.3. The molecule has 1 aromatic rings. The second kappa shape index (κ2) is 9.24. The number of rotatable bonds is 9. The van der Waals surface area contributed by atoms with Crippen LogP contribution in [0.1, 0.15) is 6.92 Å². The van der Waals surface area contributed by atoms with E-state index in [0.29, 0.717) is 11.3 Å². The molecule has 0 aliphatic carbocycles. The van der Waals surface area contributed by atoms with E-state index in [-0.39, 0.29) is 18.9 Å². The minimum absolute atomic E-state index is 0.0512. The predicted octanol–water partition coefficient (Wildman–Crippen LogP) is 1.20. The molecule has 0 spiro atoms. The van der Waals surface area contributed by atoms with Gasteiger partial charge in [0.25, 0.3) is 6.43 Å². The van der Waals surface area contributed by atoms with Crippen LogP contribution in [0.4, 0.5) is 18.9 Å². The summed E-state index contributed by atoms with van der Waals surface area (Å²) in [5.74, 6) is -1.08. The minimum atomic E-state index is -2.56. The Morgan fingerprint density at radius 2 is 2.04 bits per heavy atom. The van der Waals surface area contributed by atoms with Gasteiger partial charge in [-0.2, -0.15) is 0 Å². The van der Waals surface area contributed by atoms with Crippen molar-refractivity contribution in [2.24, 2.45) is 11.5 Å². The minimum Gasteiger partial charge on any atom is -0.505 e. The molecule has 6 nitrogen and oxygen atoms in total. The third-order valence-electron chi connectivity index (χ3n) is 3.59. The SMILES string of the molecule is CNC(C)N(CC(F)F)/C(N)=C(/CN)CNc1ccc(O)c(F)c1. The number of hydrogen-bond acceptors (Lipinski definition) is 6. The largest absolute Gasteiger partial charge is 0.505 e. The van der Waals surface area contributed by atoms with Crippen molar-refractivity contribution in [1.29, 1.82) is 0 Å². The van der Waals surface area contributed by atoms with Crippen molar-refractivity contribution in [3.8, 4) is 5.75 Å². The van der Waals surface area contributed by atoms with Gasteiger partial charge < -0.3 is 32.1 Å². The summed E-state index contributed by atoms with van der Waals surface area (Å²) in [6, 6.07) is 3.81. The Morgan fingerprint density at radius 1 is 1.38 bits per heavy atom. The second-order valence-corrected chi connectivity index (χ2v) is 5.22. The molecular weight excluding hydrogens is 323 g/mol. The summed E-state index contributed by atoms with van der Waals surface area (Å²) in [4.78, 5) is 1.33. The van der Waals surface area contributed by atoms with E-state index in [0.717, 1.165) is 6.07 Å².